The van der Waals surface area contributed by atoms with Gasteiger partial charge in [0, 0.05) is 45.7 Å². The van der Waals surface area contributed by atoms with Gasteiger partial charge in [-0.3, -0.25) is 4.79 Å². The van der Waals surface area contributed by atoms with Gasteiger partial charge in [-0.05, 0) is 17.7 Å². The Hall–Kier alpha value is -1.89. The maximum Gasteiger partial charge on any atom is 0.416 e. The number of nitrogens with one attached hydrogen (secondary N) is 1. The Morgan fingerprint density at radius 2 is 2.00 bits per heavy atom. The highest BCUT2D eigenvalue weighted by Crippen LogP contribution is 2.29. The molecule has 0 saturated heterocycles. The lowest BCUT2D eigenvalue weighted by molar-refractivity contribution is -0.137. The van der Waals surface area contributed by atoms with Crippen LogP contribution in [0.4, 0.5) is 13.2 Å². The van der Waals surface area contributed by atoms with Crippen LogP contribution in [0.5, 0.6) is 0 Å². The minimum atomic E-state index is -4.40. The summed E-state index contributed by atoms with van der Waals surface area (Å²) >= 11 is 1.55. The molecule has 1 aromatic heterocycles. The topological polar surface area (TPSA) is 60.8 Å². The highest BCUT2D eigenvalue weighted by molar-refractivity contribution is 14.0. The van der Waals surface area contributed by atoms with E-state index in [0.29, 0.717) is 24.5 Å². The van der Waals surface area contributed by atoms with E-state index in [1.54, 1.807) is 37.7 Å². The molecule has 0 radical (unpaired) electrons. The molecule has 30 heavy (non-hydrogen) atoms. The predicted octanol–water partition coefficient (Wildman–Crippen LogP) is 3.49. The van der Waals surface area contributed by atoms with Crippen molar-refractivity contribution in [2.45, 2.75) is 19.1 Å². The van der Waals surface area contributed by atoms with Crippen LogP contribution in [-0.2, 0) is 23.9 Å². The van der Waals surface area contributed by atoms with E-state index >= 15 is 0 Å². The van der Waals surface area contributed by atoms with Crippen molar-refractivity contribution in [2.75, 3.05) is 34.2 Å². The number of aliphatic imine (C=N–C) groups is 1. The monoisotopic (exact) mass is 555 g/mol. The van der Waals surface area contributed by atoms with Crippen molar-refractivity contribution in [3.63, 3.8) is 0 Å². The van der Waals surface area contributed by atoms with Gasteiger partial charge in [0.25, 0.3) is 0 Å². The van der Waals surface area contributed by atoms with Crippen molar-refractivity contribution < 1.29 is 18.0 Å². The minimum Gasteiger partial charge on any atom is -0.347 e. The molecule has 0 bridgehead atoms. The van der Waals surface area contributed by atoms with Crippen LogP contribution in [0.25, 0.3) is 0 Å². The fourth-order valence-electron chi connectivity index (χ4n) is 2.38. The summed E-state index contributed by atoms with van der Waals surface area (Å²) in [5.74, 6) is 0.305. The van der Waals surface area contributed by atoms with Crippen LogP contribution in [0.15, 0.2) is 40.8 Å². The molecule has 1 N–H and O–H groups in total. The summed E-state index contributed by atoms with van der Waals surface area (Å²) in [6.07, 6.45) is -1.97. The fourth-order valence-corrected chi connectivity index (χ4v) is 2.99. The Bertz CT molecular complexity index is 828. The molecule has 6 nitrogen and oxygen atoms in total. The molecule has 1 aromatic carbocycles. The summed E-state index contributed by atoms with van der Waals surface area (Å²) < 4.78 is 38.7. The Morgan fingerprint density at radius 3 is 2.60 bits per heavy atom. The number of amides is 1. The van der Waals surface area contributed by atoms with Crippen molar-refractivity contribution in [1.29, 1.82) is 0 Å². The van der Waals surface area contributed by atoms with Crippen LogP contribution in [0.2, 0.25) is 0 Å². The van der Waals surface area contributed by atoms with Crippen LogP contribution in [0, 0.1) is 0 Å². The molecular weight excluding hydrogens is 530 g/mol. The van der Waals surface area contributed by atoms with E-state index in [1.807, 2.05) is 17.3 Å². The van der Waals surface area contributed by atoms with Gasteiger partial charge in [-0.1, -0.05) is 12.1 Å². The highest BCUT2D eigenvalue weighted by Gasteiger charge is 2.30. The Labute approximate surface area is 195 Å². The van der Waals surface area contributed by atoms with Gasteiger partial charge in [0.2, 0.25) is 5.91 Å². The van der Waals surface area contributed by atoms with Gasteiger partial charge in [-0.25, -0.2) is 9.98 Å². The molecule has 0 saturated carbocycles. The third-order valence-corrected chi connectivity index (χ3v) is 4.91. The van der Waals surface area contributed by atoms with Crippen LogP contribution >= 0.6 is 35.3 Å². The number of benzene rings is 1. The molecule has 0 aliphatic heterocycles. The maximum absolute atomic E-state index is 12.9. The molecule has 11 heteroatoms. The molecule has 1 amide bonds. The zero-order chi connectivity index (χ0) is 21.4. The molecule has 2 rings (SSSR count). The molecule has 0 aliphatic rings. The normalized spacial score (nSPS) is 11.6. The summed E-state index contributed by atoms with van der Waals surface area (Å²) in [6, 6.07) is 5.07. The third-order valence-electron chi connectivity index (χ3n) is 4.07. The van der Waals surface area contributed by atoms with E-state index in [9.17, 15) is 18.0 Å². The summed E-state index contributed by atoms with van der Waals surface area (Å²) in [5, 5.41) is 5.86. The molecule has 2 aromatic rings. The van der Waals surface area contributed by atoms with Gasteiger partial charge < -0.3 is 15.1 Å². The first kappa shape index (κ1) is 26.1. The van der Waals surface area contributed by atoms with Gasteiger partial charge in [0.15, 0.2) is 5.96 Å². The van der Waals surface area contributed by atoms with Gasteiger partial charge in [-0.2, -0.15) is 13.2 Å². The van der Waals surface area contributed by atoms with Crippen molar-refractivity contribution in [3.05, 3.63) is 52.0 Å². The number of carbonyl (C=O) groups is 1. The van der Waals surface area contributed by atoms with Gasteiger partial charge in [0.1, 0.15) is 0 Å². The maximum atomic E-state index is 12.9. The third kappa shape index (κ3) is 8.46. The lowest BCUT2D eigenvalue weighted by atomic mass is 10.1. The molecule has 0 spiro atoms. The van der Waals surface area contributed by atoms with Gasteiger partial charge in [-0.15, -0.1) is 35.3 Å². The van der Waals surface area contributed by atoms with Crippen LogP contribution in [0.1, 0.15) is 16.1 Å². The van der Waals surface area contributed by atoms with Crippen LogP contribution in [0.3, 0.4) is 0 Å². The molecule has 166 valence electrons. The zero-order valence-electron chi connectivity index (χ0n) is 16.9. The SMILES string of the molecule is CN(C)C(=O)CNC(=NCc1cccc(C(F)(F)F)c1)N(C)CCc1nccs1.I. The average Bonchev–Trinajstić information content (AvgIpc) is 3.19. The number of likely N-dealkylation sites (N-methyl/N-ethyl adjacent to an activating group) is 2. The number of alkyl halides is 3. The number of halogens is 4. The first-order chi connectivity index (χ1) is 13.7. The van der Waals surface area contributed by atoms with Gasteiger partial charge >= 0.3 is 6.18 Å². The summed E-state index contributed by atoms with van der Waals surface area (Å²) in [5.41, 5.74) is -0.272. The van der Waals surface area contributed by atoms with Crippen molar-refractivity contribution in [2.24, 2.45) is 4.99 Å². The molecule has 0 fully saturated rings. The number of hydrogen-bond acceptors (Lipinski definition) is 4. The van der Waals surface area contributed by atoms with Crippen LogP contribution < -0.4 is 5.32 Å². The average molecular weight is 555 g/mol. The van der Waals surface area contributed by atoms with Crippen molar-refractivity contribution in [1.82, 2.24) is 20.1 Å². The standard InChI is InChI=1S/C19H24F3N5OS.HI/c1-26(2)17(28)13-25-18(27(3)9-7-16-23-8-10-29-16)24-12-14-5-4-6-15(11-14)19(20,21)22;/h4-6,8,10-11H,7,9,12-13H2,1-3H3,(H,24,25);1H. The van der Waals surface area contributed by atoms with E-state index in [2.05, 4.69) is 15.3 Å². The Kier molecular flexibility index (Phi) is 10.5. The lowest BCUT2D eigenvalue weighted by Gasteiger charge is -2.23. The van der Waals surface area contributed by atoms with Crippen molar-refractivity contribution in [3.8, 4) is 0 Å². The van der Waals surface area contributed by atoms with E-state index in [1.165, 1.54) is 11.0 Å². The van der Waals surface area contributed by atoms with E-state index in [4.69, 9.17) is 0 Å². The summed E-state index contributed by atoms with van der Waals surface area (Å²) in [6.45, 7) is 0.693. The first-order valence-electron chi connectivity index (χ1n) is 8.91. The second kappa shape index (κ2) is 12.1. The molecule has 1 heterocycles. The summed E-state index contributed by atoms with van der Waals surface area (Å²) in [4.78, 5) is 23.8. The highest BCUT2D eigenvalue weighted by atomic mass is 127. The van der Waals surface area contributed by atoms with Crippen molar-refractivity contribution >= 4 is 47.2 Å². The summed E-state index contributed by atoms with van der Waals surface area (Å²) in [7, 11) is 5.11. The second-order valence-corrected chi connectivity index (χ2v) is 7.56. The largest absolute Gasteiger partial charge is 0.416 e. The lowest BCUT2D eigenvalue weighted by Crippen LogP contribution is -2.44. The van der Waals surface area contributed by atoms with Gasteiger partial charge in [0.05, 0.1) is 23.7 Å². The molecular formula is C19H25F3IN5OS. The quantitative estimate of drug-likeness (QED) is 0.323. The number of aromatic nitrogens is 1. The number of nitrogens with zero attached hydrogens (tertiary/aromatic N) is 4. The molecule has 0 atom stereocenters. The van der Waals surface area contributed by atoms with E-state index in [0.717, 1.165) is 17.1 Å². The molecule has 0 unspecified atom stereocenters. The molecule has 0 aliphatic carbocycles. The number of carbonyl (C=O) groups excluding carboxylic acids is 1. The Balaban J connectivity index is 0.00000450. The smallest absolute Gasteiger partial charge is 0.347 e. The zero-order valence-corrected chi connectivity index (χ0v) is 20.1. The van der Waals surface area contributed by atoms with E-state index < -0.39 is 11.7 Å². The first-order valence-corrected chi connectivity index (χ1v) is 9.79. The number of guanidine groups is 1. The number of thiazole rings is 1. The number of rotatable bonds is 7. The number of hydrogen-bond donors (Lipinski definition) is 1. The second-order valence-electron chi connectivity index (χ2n) is 6.58. The van der Waals surface area contributed by atoms with E-state index in [-0.39, 0.29) is 43.0 Å². The predicted molar refractivity (Wildman–Crippen MR) is 123 cm³/mol. The Morgan fingerprint density at radius 1 is 1.27 bits per heavy atom. The minimum absolute atomic E-state index is 0. The van der Waals surface area contributed by atoms with Crippen LogP contribution in [-0.4, -0.2) is 60.9 Å². The fraction of sp³-hybridized carbons (Fsp3) is 0.421.